The van der Waals surface area contributed by atoms with Crippen LogP contribution in [0, 0.1) is 0 Å². The zero-order valence-electron chi connectivity index (χ0n) is 22.2. The van der Waals surface area contributed by atoms with Gasteiger partial charge in [-0.05, 0) is 54.5 Å². The lowest BCUT2D eigenvalue weighted by atomic mass is 9.99. The van der Waals surface area contributed by atoms with Crippen molar-refractivity contribution in [1.82, 2.24) is 19.4 Å². The first-order chi connectivity index (χ1) is 19.5. The fourth-order valence-electron chi connectivity index (χ4n) is 5.49. The molecule has 0 bridgehead atoms. The van der Waals surface area contributed by atoms with E-state index in [0.717, 1.165) is 40.8 Å². The Bertz CT molecular complexity index is 1630. The van der Waals surface area contributed by atoms with Crippen molar-refractivity contribution in [3.8, 4) is 22.6 Å². The first-order valence-corrected chi connectivity index (χ1v) is 13.5. The third-order valence-electron chi connectivity index (χ3n) is 7.61. The highest BCUT2D eigenvalue weighted by molar-refractivity contribution is 6.17. The summed E-state index contributed by atoms with van der Waals surface area (Å²) in [7, 11) is 0. The molecule has 0 radical (unpaired) electrons. The molecule has 40 heavy (non-hydrogen) atoms. The predicted octanol–water partition coefficient (Wildman–Crippen LogP) is 3.80. The standard InChI is InChI=1S/C31H30N4O5/c1-2-34-19-22(18-26-29(38)28-24(37)4-3-5-25(28)40-26)27-23(10-11-32-30(27)34)20-6-8-21(9-7-20)31(39)35-14-12-33(13-15-35)16-17-36/h3-11,18-19,36-37H,2,12-17H2,1H3. The maximum atomic E-state index is 13.1. The van der Waals surface area contributed by atoms with Gasteiger partial charge in [-0.25, -0.2) is 4.98 Å². The number of aliphatic hydroxyl groups is 1. The van der Waals surface area contributed by atoms with Crippen LogP contribution in [0.3, 0.4) is 0 Å². The van der Waals surface area contributed by atoms with Crippen molar-refractivity contribution in [1.29, 1.82) is 0 Å². The van der Waals surface area contributed by atoms with Crippen molar-refractivity contribution in [3.05, 3.63) is 83.4 Å². The normalized spacial score (nSPS) is 16.5. The smallest absolute Gasteiger partial charge is 0.253 e. The first kappa shape index (κ1) is 25.8. The second-order valence-corrected chi connectivity index (χ2v) is 9.95. The Kier molecular flexibility index (Phi) is 6.83. The predicted molar refractivity (Wildman–Crippen MR) is 151 cm³/mol. The second kappa shape index (κ2) is 10.6. The number of aryl methyl sites for hydroxylation is 1. The zero-order chi connectivity index (χ0) is 27.8. The number of amides is 1. The van der Waals surface area contributed by atoms with Crippen LogP contribution in [0.1, 0.15) is 33.2 Å². The van der Waals surface area contributed by atoms with E-state index in [1.54, 1.807) is 24.4 Å². The summed E-state index contributed by atoms with van der Waals surface area (Å²) in [5.41, 5.74) is 4.19. The molecular weight excluding hydrogens is 508 g/mol. The highest BCUT2D eigenvalue weighted by Gasteiger charge is 2.31. The van der Waals surface area contributed by atoms with E-state index < -0.39 is 0 Å². The number of ketones is 1. The van der Waals surface area contributed by atoms with E-state index in [4.69, 9.17) is 9.84 Å². The Morgan fingerprint density at radius 3 is 2.55 bits per heavy atom. The number of allylic oxidation sites excluding steroid dienone is 1. The monoisotopic (exact) mass is 538 g/mol. The summed E-state index contributed by atoms with van der Waals surface area (Å²) in [6.45, 7) is 6.24. The Morgan fingerprint density at radius 1 is 1.07 bits per heavy atom. The van der Waals surface area contributed by atoms with E-state index in [-0.39, 0.29) is 35.4 Å². The third kappa shape index (κ3) is 4.53. The number of ether oxygens (including phenoxy) is 1. The quantitative estimate of drug-likeness (QED) is 0.360. The van der Waals surface area contributed by atoms with Crippen LogP contribution in [0.5, 0.6) is 11.5 Å². The van der Waals surface area contributed by atoms with Gasteiger partial charge in [0.2, 0.25) is 5.78 Å². The average Bonchev–Trinajstić information content (AvgIpc) is 3.51. The highest BCUT2D eigenvalue weighted by Crippen LogP contribution is 2.39. The molecule has 2 aromatic heterocycles. The summed E-state index contributed by atoms with van der Waals surface area (Å²) in [5.74, 6) is 0.00430. The van der Waals surface area contributed by atoms with Crippen LogP contribution >= 0.6 is 0 Å². The van der Waals surface area contributed by atoms with Crippen LogP contribution in [-0.4, -0.2) is 80.6 Å². The molecule has 1 fully saturated rings. The number of hydrogen-bond donors (Lipinski definition) is 2. The van der Waals surface area contributed by atoms with Crippen molar-refractivity contribution < 1.29 is 24.5 Å². The van der Waals surface area contributed by atoms with Gasteiger partial charge < -0.3 is 24.4 Å². The average molecular weight is 539 g/mol. The van der Waals surface area contributed by atoms with Gasteiger partial charge >= 0.3 is 0 Å². The van der Waals surface area contributed by atoms with Crippen molar-refractivity contribution in [2.24, 2.45) is 0 Å². The van der Waals surface area contributed by atoms with Crippen LogP contribution < -0.4 is 4.74 Å². The van der Waals surface area contributed by atoms with E-state index in [9.17, 15) is 14.7 Å². The van der Waals surface area contributed by atoms with Crippen molar-refractivity contribution in [2.45, 2.75) is 13.5 Å². The fourth-order valence-corrected chi connectivity index (χ4v) is 5.49. The summed E-state index contributed by atoms with van der Waals surface area (Å²) in [6, 6.07) is 14.3. The molecule has 9 nitrogen and oxygen atoms in total. The highest BCUT2D eigenvalue weighted by atomic mass is 16.5. The third-order valence-corrected chi connectivity index (χ3v) is 7.61. The number of phenols is 1. The molecule has 2 N–H and O–H groups in total. The molecule has 6 rings (SSSR count). The lowest BCUT2D eigenvalue weighted by molar-refractivity contribution is 0.0615. The topological polar surface area (TPSA) is 108 Å². The summed E-state index contributed by atoms with van der Waals surface area (Å²) in [6.07, 6.45) is 5.41. The molecule has 0 aliphatic carbocycles. The Labute approximate surface area is 231 Å². The molecule has 2 aliphatic heterocycles. The maximum Gasteiger partial charge on any atom is 0.253 e. The van der Waals surface area contributed by atoms with Crippen LogP contribution in [0.2, 0.25) is 0 Å². The van der Waals surface area contributed by atoms with Gasteiger partial charge in [0.25, 0.3) is 5.91 Å². The van der Waals surface area contributed by atoms with Gasteiger partial charge in [0.1, 0.15) is 22.7 Å². The van der Waals surface area contributed by atoms with E-state index in [2.05, 4.69) is 9.88 Å². The molecule has 1 amide bonds. The van der Waals surface area contributed by atoms with Crippen molar-refractivity contribution in [2.75, 3.05) is 39.3 Å². The molecule has 204 valence electrons. The summed E-state index contributed by atoms with van der Waals surface area (Å²) < 4.78 is 7.84. The number of carbonyl (C=O) groups is 2. The summed E-state index contributed by atoms with van der Waals surface area (Å²) in [4.78, 5) is 34.8. The molecule has 0 atom stereocenters. The second-order valence-electron chi connectivity index (χ2n) is 9.95. The number of hydrogen-bond acceptors (Lipinski definition) is 7. The largest absolute Gasteiger partial charge is 0.507 e. The number of carbonyl (C=O) groups excluding carboxylic acids is 2. The summed E-state index contributed by atoms with van der Waals surface area (Å²) in [5, 5.41) is 20.2. The van der Waals surface area contributed by atoms with Gasteiger partial charge in [0.05, 0.1) is 6.61 Å². The zero-order valence-corrected chi connectivity index (χ0v) is 22.2. The number of β-amino-alcohol motifs (C(OH)–C–C–N with tert-alkyl or cyclic N) is 1. The lowest BCUT2D eigenvalue weighted by Crippen LogP contribution is -2.49. The SMILES string of the molecule is CCn1cc(C=C2Oc3cccc(O)c3C2=O)c2c(-c3ccc(C(=O)N4CCN(CCO)CC4)cc3)ccnc21. The number of phenolic OH excluding ortho intramolecular Hbond substituents is 1. The number of fused-ring (bicyclic) bond motifs is 2. The van der Waals surface area contributed by atoms with Gasteiger partial charge in [0.15, 0.2) is 5.76 Å². The molecular formula is C31H30N4O5. The Balaban J connectivity index is 1.32. The van der Waals surface area contributed by atoms with Crippen molar-refractivity contribution in [3.63, 3.8) is 0 Å². The molecule has 0 unspecified atom stereocenters. The van der Waals surface area contributed by atoms with E-state index >= 15 is 0 Å². The van der Waals surface area contributed by atoms with E-state index in [0.29, 0.717) is 37.5 Å². The van der Waals surface area contributed by atoms with Gasteiger partial charge in [-0.1, -0.05) is 18.2 Å². The minimum atomic E-state index is -0.365. The van der Waals surface area contributed by atoms with Gasteiger partial charge in [0, 0.05) is 68.2 Å². The van der Waals surface area contributed by atoms with E-state index in [1.165, 1.54) is 6.07 Å². The first-order valence-electron chi connectivity index (χ1n) is 13.5. The van der Waals surface area contributed by atoms with Crippen LogP contribution in [-0.2, 0) is 6.54 Å². The number of aromatic nitrogens is 2. The number of aromatic hydroxyl groups is 1. The molecule has 9 heteroatoms. The van der Waals surface area contributed by atoms with Gasteiger partial charge in [-0.2, -0.15) is 0 Å². The summed E-state index contributed by atoms with van der Waals surface area (Å²) >= 11 is 0. The number of aliphatic hydroxyl groups excluding tert-OH is 1. The van der Waals surface area contributed by atoms with Gasteiger partial charge in [-0.3, -0.25) is 14.5 Å². The van der Waals surface area contributed by atoms with Gasteiger partial charge in [-0.15, -0.1) is 0 Å². The molecule has 0 spiro atoms. The minimum Gasteiger partial charge on any atom is -0.507 e. The number of rotatable bonds is 6. The molecule has 4 heterocycles. The Morgan fingerprint density at radius 2 is 1.85 bits per heavy atom. The van der Waals surface area contributed by atoms with Crippen LogP contribution in [0.25, 0.3) is 28.2 Å². The van der Waals surface area contributed by atoms with Crippen LogP contribution in [0.4, 0.5) is 0 Å². The lowest BCUT2D eigenvalue weighted by Gasteiger charge is -2.34. The maximum absolute atomic E-state index is 13.1. The number of nitrogens with zero attached hydrogens (tertiary/aromatic N) is 4. The molecule has 2 aliphatic rings. The fraction of sp³-hybridized carbons (Fsp3) is 0.258. The molecule has 0 saturated carbocycles. The number of pyridine rings is 1. The number of piperazine rings is 1. The van der Waals surface area contributed by atoms with Crippen LogP contribution in [0.15, 0.2) is 66.7 Å². The van der Waals surface area contributed by atoms with E-state index in [1.807, 2.05) is 52.9 Å². The number of benzene rings is 2. The number of Topliss-reactive ketones (excluding diaryl/α,β-unsaturated/α-hetero) is 1. The molecule has 2 aromatic carbocycles. The Hall–Kier alpha value is -4.47. The van der Waals surface area contributed by atoms with Crippen molar-refractivity contribution >= 4 is 28.8 Å². The molecule has 1 saturated heterocycles. The molecule has 4 aromatic rings. The minimum absolute atomic E-state index is 0.00246.